The van der Waals surface area contributed by atoms with Gasteiger partial charge in [-0.25, -0.2) is 4.98 Å². The number of thiocarbonyl (C=S) groups is 1. The summed E-state index contributed by atoms with van der Waals surface area (Å²) < 4.78 is 7.34. The maximum Gasteiger partial charge on any atom is 0.186 e. The Balaban J connectivity index is 1.52. The van der Waals surface area contributed by atoms with Crippen LogP contribution < -0.4 is 10.7 Å². The van der Waals surface area contributed by atoms with Gasteiger partial charge >= 0.3 is 0 Å². The van der Waals surface area contributed by atoms with E-state index in [2.05, 4.69) is 31.5 Å². The van der Waals surface area contributed by atoms with Gasteiger partial charge in [0.15, 0.2) is 5.11 Å². The molecule has 6 nitrogen and oxygen atoms in total. The summed E-state index contributed by atoms with van der Waals surface area (Å²) in [6.07, 6.45) is 4.48. The van der Waals surface area contributed by atoms with Gasteiger partial charge in [0.2, 0.25) is 0 Å². The third-order valence-electron chi connectivity index (χ3n) is 3.96. The van der Waals surface area contributed by atoms with Crippen LogP contribution in [-0.4, -0.2) is 40.6 Å². The number of benzene rings is 2. The molecule has 1 heterocycles. The number of fused-ring (bicyclic) bond motifs is 1. The lowest BCUT2D eigenvalue weighted by molar-refractivity contribution is 0.145. The van der Waals surface area contributed by atoms with Gasteiger partial charge in [0.05, 0.1) is 17.2 Å². The molecule has 0 saturated heterocycles. The highest BCUT2D eigenvalue weighted by Crippen LogP contribution is 2.17. The SMILES string of the molecule is CCOCCCNC(=S)N/N=C\c1ccc(-n2cnc3ccccc32)cc1. The van der Waals surface area contributed by atoms with Crippen LogP contribution in [0.3, 0.4) is 0 Å². The molecule has 0 saturated carbocycles. The van der Waals surface area contributed by atoms with E-state index >= 15 is 0 Å². The van der Waals surface area contributed by atoms with E-state index in [1.54, 1.807) is 6.21 Å². The summed E-state index contributed by atoms with van der Waals surface area (Å²) in [5, 5.41) is 7.76. The molecule has 0 fully saturated rings. The molecule has 2 aromatic carbocycles. The van der Waals surface area contributed by atoms with Gasteiger partial charge in [0.25, 0.3) is 0 Å². The minimum absolute atomic E-state index is 0.504. The molecule has 1 aromatic heterocycles. The summed E-state index contributed by atoms with van der Waals surface area (Å²) in [6.45, 7) is 4.21. The fourth-order valence-corrected chi connectivity index (χ4v) is 2.77. The molecule has 3 rings (SSSR count). The van der Waals surface area contributed by atoms with Crippen molar-refractivity contribution in [1.82, 2.24) is 20.3 Å². The molecule has 140 valence electrons. The van der Waals surface area contributed by atoms with Crippen LogP contribution in [-0.2, 0) is 4.74 Å². The van der Waals surface area contributed by atoms with Crippen LogP contribution in [0.15, 0.2) is 60.0 Å². The van der Waals surface area contributed by atoms with E-state index in [4.69, 9.17) is 17.0 Å². The van der Waals surface area contributed by atoms with Gasteiger partial charge in [0.1, 0.15) is 6.33 Å². The van der Waals surface area contributed by atoms with Gasteiger partial charge in [-0.3, -0.25) is 9.99 Å². The Hall–Kier alpha value is -2.77. The van der Waals surface area contributed by atoms with E-state index in [0.29, 0.717) is 5.11 Å². The number of aromatic nitrogens is 2. The Labute approximate surface area is 164 Å². The van der Waals surface area contributed by atoms with E-state index in [1.807, 2.05) is 55.7 Å². The minimum Gasteiger partial charge on any atom is -0.382 e. The number of hydrazone groups is 1. The molecule has 0 amide bonds. The standard InChI is InChI=1S/C20H23N5OS/c1-2-26-13-5-12-21-20(27)24-23-14-16-8-10-17(11-9-16)25-15-22-18-6-3-4-7-19(18)25/h3-4,6-11,14-15H,2,5,12-13H2,1H3,(H2,21,24,27)/b23-14-. The topological polar surface area (TPSA) is 63.5 Å². The van der Waals surface area contributed by atoms with Gasteiger partial charge in [0, 0.05) is 25.4 Å². The van der Waals surface area contributed by atoms with Crippen LogP contribution in [0.5, 0.6) is 0 Å². The summed E-state index contributed by atoms with van der Waals surface area (Å²) in [5.41, 5.74) is 6.92. The molecule has 2 N–H and O–H groups in total. The Morgan fingerprint density at radius 1 is 1.22 bits per heavy atom. The Kier molecular flexibility index (Phi) is 6.90. The van der Waals surface area contributed by atoms with Crippen molar-refractivity contribution in [2.75, 3.05) is 19.8 Å². The van der Waals surface area contributed by atoms with E-state index in [9.17, 15) is 0 Å². The zero-order valence-electron chi connectivity index (χ0n) is 15.3. The normalized spacial score (nSPS) is 11.1. The average molecular weight is 382 g/mol. The Bertz CT molecular complexity index is 904. The molecule has 0 aliphatic heterocycles. The molecule has 0 radical (unpaired) electrons. The van der Waals surface area contributed by atoms with Crippen molar-refractivity contribution < 1.29 is 4.74 Å². The summed E-state index contributed by atoms with van der Waals surface area (Å²) in [5.74, 6) is 0. The first kappa shape index (κ1) is 19.0. The van der Waals surface area contributed by atoms with Crippen LogP contribution in [0.2, 0.25) is 0 Å². The fraction of sp³-hybridized carbons (Fsp3) is 0.250. The van der Waals surface area contributed by atoms with Crippen molar-refractivity contribution in [2.24, 2.45) is 5.10 Å². The zero-order valence-corrected chi connectivity index (χ0v) is 16.1. The molecule has 0 atom stereocenters. The molecule has 0 spiro atoms. The molecule has 3 aromatic rings. The maximum absolute atomic E-state index is 5.28. The lowest BCUT2D eigenvalue weighted by Gasteiger charge is -2.07. The third kappa shape index (κ3) is 5.35. The van der Waals surface area contributed by atoms with Crippen LogP contribution in [0, 0.1) is 0 Å². The average Bonchev–Trinajstić information content (AvgIpc) is 3.12. The molecule has 27 heavy (non-hydrogen) atoms. The van der Waals surface area contributed by atoms with Crippen molar-refractivity contribution in [1.29, 1.82) is 0 Å². The van der Waals surface area contributed by atoms with Crippen molar-refractivity contribution in [2.45, 2.75) is 13.3 Å². The first-order valence-electron chi connectivity index (χ1n) is 8.95. The summed E-state index contributed by atoms with van der Waals surface area (Å²) in [4.78, 5) is 4.42. The van der Waals surface area contributed by atoms with Gasteiger partial charge in [-0.15, -0.1) is 0 Å². The van der Waals surface area contributed by atoms with Crippen LogP contribution >= 0.6 is 12.2 Å². The molecule has 7 heteroatoms. The molecular weight excluding hydrogens is 358 g/mol. The van der Waals surface area contributed by atoms with E-state index in [-0.39, 0.29) is 0 Å². The van der Waals surface area contributed by atoms with E-state index < -0.39 is 0 Å². The van der Waals surface area contributed by atoms with E-state index in [0.717, 1.165) is 48.5 Å². The quantitative estimate of drug-likeness (QED) is 0.271. The molecule has 0 unspecified atom stereocenters. The largest absolute Gasteiger partial charge is 0.382 e. The van der Waals surface area contributed by atoms with Gasteiger partial charge in [-0.05, 0) is 55.4 Å². The van der Waals surface area contributed by atoms with Gasteiger partial charge in [-0.2, -0.15) is 5.10 Å². The Morgan fingerprint density at radius 3 is 2.85 bits per heavy atom. The highest BCUT2D eigenvalue weighted by atomic mass is 32.1. The second-order valence-corrected chi connectivity index (χ2v) is 6.28. The predicted molar refractivity (Wildman–Crippen MR) is 114 cm³/mol. The van der Waals surface area contributed by atoms with Crippen molar-refractivity contribution >= 4 is 34.6 Å². The monoisotopic (exact) mass is 381 g/mol. The van der Waals surface area contributed by atoms with Gasteiger partial charge < -0.3 is 10.1 Å². The minimum atomic E-state index is 0.504. The lowest BCUT2D eigenvalue weighted by atomic mass is 10.2. The number of hydrogen-bond acceptors (Lipinski definition) is 4. The van der Waals surface area contributed by atoms with Crippen LogP contribution in [0.1, 0.15) is 18.9 Å². The fourth-order valence-electron chi connectivity index (χ4n) is 2.61. The number of rotatable bonds is 8. The van der Waals surface area contributed by atoms with Crippen LogP contribution in [0.4, 0.5) is 0 Å². The number of nitrogens with one attached hydrogen (secondary N) is 2. The highest BCUT2D eigenvalue weighted by molar-refractivity contribution is 7.80. The number of imidazole rings is 1. The molecule has 0 bridgehead atoms. The second-order valence-electron chi connectivity index (χ2n) is 5.87. The van der Waals surface area contributed by atoms with Crippen molar-refractivity contribution in [3.8, 4) is 5.69 Å². The maximum atomic E-state index is 5.28. The smallest absolute Gasteiger partial charge is 0.186 e. The van der Waals surface area contributed by atoms with Crippen LogP contribution in [0.25, 0.3) is 16.7 Å². The summed E-state index contributed by atoms with van der Waals surface area (Å²) in [6, 6.07) is 16.2. The van der Waals surface area contributed by atoms with E-state index in [1.165, 1.54) is 0 Å². The third-order valence-corrected chi connectivity index (χ3v) is 4.20. The first-order chi connectivity index (χ1) is 13.3. The number of nitrogens with zero attached hydrogens (tertiary/aromatic N) is 3. The number of hydrogen-bond donors (Lipinski definition) is 2. The van der Waals surface area contributed by atoms with Crippen molar-refractivity contribution in [3.63, 3.8) is 0 Å². The first-order valence-corrected chi connectivity index (χ1v) is 9.36. The predicted octanol–water partition coefficient (Wildman–Crippen LogP) is 3.25. The van der Waals surface area contributed by atoms with Gasteiger partial charge in [-0.1, -0.05) is 24.3 Å². The second kappa shape index (κ2) is 9.80. The molecular formula is C20H23N5OS. The Morgan fingerprint density at radius 2 is 2.04 bits per heavy atom. The summed E-state index contributed by atoms with van der Waals surface area (Å²) in [7, 11) is 0. The zero-order chi connectivity index (χ0) is 18.9. The summed E-state index contributed by atoms with van der Waals surface area (Å²) >= 11 is 5.18. The lowest BCUT2D eigenvalue weighted by Crippen LogP contribution is -2.33. The molecule has 0 aliphatic carbocycles. The highest BCUT2D eigenvalue weighted by Gasteiger charge is 2.03. The number of ether oxygens (including phenoxy) is 1. The van der Waals surface area contributed by atoms with Crippen molar-refractivity contribution in [3.05, 3.63) is 60.4 Å². The molecule has 0 aliphatic rings. The number of para-hydroxylation sites is 2.